The fourth-order valence-electron chi connectivity index (χ4n) is 1.70. The van der Waals surface area contributed by atoms with Gasteiger partial charge in [-0.1, -0.05) is 12.1 Å². The lowest BCUT2D eigenvalue weighted by Gasteiger charge is -1.91. The van der Waals surface area contributed by atoms with Crippen molar-refractivity contribution in [3.8, 4) is 11.5 Å². The van der Waals surface area contributed by atoms with E-state index >= 15 is 0 Å². The molecule has 6 heteroatoms. The van der Waals surface area contributed by atoms with Gasteiger partial charge >= 0.3 is 0 Å². The van der Waals surface area contributed by atoms with Gasteiger partial charge in [0.05, 0.1) is 11.3 Å². The van der Waals surface area contributed by atoms with Crippen LogP contribution in [-0.4, -0.2) is 26.5 Å². The zero-order valence-corrected chi connectivity index (χ0v) is 10.2. The van der Waals surface area contributed by atoms with Crippen molar-refractivity contribution in [3.63, 3.8) is 0 Å². The topological polar surface area (TPSA) is 82.8 Å². The van der Waals surface area contributed by atoms with Gasteiger partial charge in [0.1, 0.15) is 0 Å². The zero-order chi connectivity index (χ0) is 12.3. The quantitative estimate of drug-likeness (QED) is 0.833. The highest BCUT2D eigenvalue weighted by Gasteiger charge is 2.15. The monoisotopic (exact) mass is 235 g/mol. The molecule has 0 aliphatic heterocycles. The summed E-state index contributed by atoms with van der Waals surface area (Å²) in [6, 6.07) is 0. The first-order chi connectivity index (χ1) is 8.24. The normalized spacial score (nSPS) is 11.0. The van der Waals surface area contributed by atoms with Crippen LogP contribution in [0.1, 0.15) is 24.9 Å². The molecule has 0 atom stereocenters. The molecule has 0 radical (unpaired) electrons. The SMILES string of the molecule is CCc1nn(C)cc1-c1nc(CCCN)no1. The average molecular weight is 235 g/mol. The van der Waals surface area contributed by atoms with Gasteiger partial charge in [0.15, 0.2) is 5.82 Å². The molecule has 0 fully saturated rings. The van der Waals surface area contributed by atoms with Gasteiger partial charge in [0, 0.05) is 19.7 Å². The summed E-state index contributed by atoms with van der Waals surface area (Å²) < 4.78 is 7.01. The van der Waals surface area contributed by atoms with E-state index in [0.717, 1.165) is 30.5 Å². The van der Waals surface area contributed by atoms with Crippen molar-refractivity contribution in [2.45, 2.75) is 26.2 Å². The Bertz CT molecular complexity index is 488. The van der Waals surface area contributed by atoms with Gasteiger partial charge in [0.25, 0.3) is 5.89 Å². The molecule has 2 aromatic heterocycles. The fraction of sp³-hybridized carbons (Fsp3) is 0.545. The van der Waals surface area contributed by atoms with Crippen molar-refractivity contribution in [2.24, 2.45) is 12.8 Å². The van der Waals surface area contributed by atoms with Crippen LogP contribution in [0, 0.1) is 0 Å². The predicted octanol–water partition coefficient (Wildman–Crippen LogP) is 0.924. The third kappa shape index (κ3) is 2.52. The molecule has 0 amide bonds. The Morgan fingerprint density at radius 1 is 1.47 bits per heavy atom. The molecule has 0 saturated carbocycles. The highest BCUT2D eigenvalue weighted by molar-refractivity contribution is 5.55. The molecule has 0 saturated heterocycles. The van der Waals surface area contributed by atoms with E-state index in [-0.39, 0.29) is 0 Å². The van der Waals surface area contributed by atoms with Crippen LogP contribution in [0.15, 0.2) is 10.7 Å². The number of hydrogen-bond acceptors (Lipinski definition) is 5. The average Bonchev–Trinajstić information content (AvgIpc) is 2.92. The van der Waals surface area contributed by atoms with E-state index in [1.165, 1.54) is 0 Å². The van der Waals surface area contributed by atoms with Crippen LogP contribution in [0.25, 0.3) is 11.5 Å². The number of hydrogen-bond donors (Lipinski definition) is 1. The minimum absolute atomic E-state index is 0.543. The molecule has 0 aliphatic carbocycles. The van der Waals surface area contributed by atoms with Crippen molar-refractivity contribution in [1.29, 1.82) is 0 Å². The van der Waals surface area contributed by atoms with Crippen LogP contribution in [0.5, 0.6) is 0 Å². The lowest BCUT2D eigenvalue weighted by Crippen LogP contribution is -2.01. The molecule has 0 spiro atoms. The number of aromatic nitrogens is 4. The first-order valence-electron chi connectivity index (χ1n) is 5.80. The molecule has 2 N–H and O–H groups in total. The van der Waals surface area contributed by atoms with Gasteiger partial charge < -0.3 is 10.3 Å². The summed E-state index contributed by atoms with van der Waals surface area (Å²) in [5.74, 6) is 1.25. The zero-order valence-electron chi connectivity index (χ0n) is 10.2. The molecule has 92 valence electrons. The maximum atomic E-state index is 5.44. The Morgan fingerprint density at radius 3 is 3.00 bits per heavy atom. The van der Waals surface area contributed by atoms with Gasteiger partial charge in [-0.2, -0.15) is 10.1 Å². The van der Waals surface area contributed by atoms with E-state index < -0.39 is 0 Å². The molecule has 0 unspecified atom stereocenters. The summed E-state index contributed by atoms with van der Waals surface area (Å²) in [7, 11) is 1.88. The van der Waals surface area contributed by atoms with Crippen molar-refractivity contribution >= 4 is 0 Å². The highest BCUT2D eigenvalue weighted by atomic mass is 16.5. The number of nitrogens with zero attached hydrogens (tertiary/aromatic N) is 4. The standard InChI is InChI=1S/C11H17N5O/c1-3-9-8(7-16(2)14-9)11-13-10(15-17-11)5-4-6-12/h7H,3-6,12H2,1-2H3. The van der Waals surface area contributed by atoms with Crippen LogP contribution in [0.2, 0.25) is 0 Å². The maximum Gasteiger partial charge on any atom is 0.261 e. The fourth-order valence-corrected chi connectivity index (χ4v) is 1.70. The van der Waals surface area contributed by atoms with E-state index in [1.54, 1.807) is 4.68 Å². The number of rotatable bonds is 5. The lowest BCUT2D eigenvalue weighted by atomic mass is 10.2. The Morgan fingerprint density at radius 2 is 2.29 bits per heavy atom. The molecule has 2 aromatic rings. The number of aryl methyl sites for hydroxylation is 3. The van der Waals surface area contributed by atoms with Crippen molar-refractivity contribution in [3.05, 3.63) is 17.7 Å². The van der Waals surface area contributed by atoms with Gasteiger partial charge in [-0.05, 0) is 19.4 Å². The summed E-state index contributed by atoms with van der Waals surface area (Å²) in [6.07, 6.45) is 4.37. The van der Waals surface area contributed by atoms with Crippen molar-refractivity contribution in [2.75, 3.05) is 6.54 Å². The molecule has 2 rings (SSSR count). The van der Waals surface area contributed by atoms with Gasteiger partial charge in [-0.3, -0.25) is 4.68 Å². The second-order valence-corrected chi connectivity index (χ2v) is 3.92. The molecular formula is C11H17N5O. The van der Waals surface area contributed by atoms with Crippen molar-refractivity contribution in [1.82, 2.24) is 19.9 Å². The summed E-state index contributed by atoms with van der Waals surface area (Å²) in [6.45, 7) is 2.69. The third-order valence-corrected chi connectivity index (χ3v) is 2.54. The Kier molecular flexibility index (Phi) is 3.53. The van der Waals surface area contributed by atoms with E-state index in [9.17, 15) is 0 Å². The van der Waals surface area contributed by atoms with Crippen LogP contribution >= 0.6 is 0 Å². The molecule has 2 heterocycles. The van der Waals surface area contributed by atoms with Gasteiger partial charge in [-0.15, -0.1) is 0 Å². The van der Waals surface area contributed by atoms with Gasteiger partial charge in [-0.25, -0.2) is 0 Å². The molecule has 0 bridgehead atoms. The second-order valence-electron chi connectivity index (χ2n) is 3.92. The predicted molar refractivity (Wildman–Crippen MR) is 63.3 cm³/mol. The maximum absolute atomic E-state index is 5.44. The highest BCUT2D eigenvalue weighted by Crippen LogP contribution is 2.21. The van der Waals surface area contributed by atoms with Crippen LogP contribution in [-0.2, 0) is 19.9 Å². The lowest BCUT2D eigenvalue weighted by molar-refractivity contribution is 0.421. The molecular weight excluding hydrogens is 218 g/mol. The Balaban J connectivity index is 2.23. The van der Waals surface area contributed by atoms with Crippen LogP contribution < -0.4 is 5.73 Å². The Labute approximate surface area is 99.8 Å². The largest absolute Gasteiger partial charge is 0.334 e. The van der Waals surface area contributed by atoms with E-state index in [4.69, 9.17) is 10.3 Å². The minimum Gasteiger partial charge on any atom is -0.334 e. The third-order valence-electron chi connectivity index (χ3n) is 2.54. The van der Waals surface area contributed by atoms with Crippen molar-refractivity contribution < 1.29 is 4.52 Å². The first-order valence-corrected chi connectivity index (χ1v) is 5.80. The summed E-state index contributed by atoms with van der Waals surface area (Å²) in [5.41, 5.74) is 7.34. The van der Waals surface area contributed by atoms with Gasteiger partial charge in [0.2, 0.25) is 0 Å². The molecule has 0 aromatic carbocycles. The Hall–Kier alpha value is -1.69. The molecule has 17 heavy (non-hydrogen) atoms. The molecule has 6 nitrogen and oxygen atoms in total. The van der Waals surface area contributed by atoms with E-state index in [0.29, 0.717) is 18.3 Å². The van der Waals surface area contributed by atoms with Crippen LogP contribution in [0.3, 0.4) is 0 Å². The second kappa shape index (κ2) is 5.09. The summed E-state index contributed by atoms with van der Waals surface area (Å²) in [5, 5.41) is 8.28. The summed E-state index contributed by atoms with van der Waals surface area (Å²) >= 11 is 0. The summed E-state index contributed by atoms with van der Waals surface area (Å²) in [4.78, 5) is 4.35. The minimum atomic E-state index is 0.543. The van der Waals surface area contributed by atoms with E-state index in [1.807, 2.05) is 13.2 Å². The van der Waals surface area contributed by atoms with E-state index in [2.05, 4.69) is 22.2 Å². The number of nitrogens with two attached hydrogens (primary N) is 1. The smallest absolute Gasteiger partial charge is 0.261 e. The first kappa shape index (κ1) is 11.8. The van der Waals surface area contributed by atoms with Crippen LogP contribution in [0.4, 0.5) is 0 Å². The molecule has 0 aliphatic rings.